The van der Waals surface area contributed by atoms with E-state index in [-0.39, 0.29) is 13.0 Å². The normalized spacial score (nSPS) is 24.6. The minimum Gasteiger partial charge on any atom is -0.461 e. The molecule has 15 heavy (non-hydrogen) atoms. The lowest BCUT2D eigenvalue weighted by Crippen LogP contribution is -2.25. The number of hydrogen-bond acceptors (Lipinski definition) is 5. The van der Waals surface area contributed by atoms with Crippen LogP contribution in [0.25, 0.3) is 0 Å². The molecule has 1 rings (SSSR count). The lowest BCUT2D eigenvalue weighted by atomic mass is 10.3. The van der Waals surface area contributed by atoms with Crippen molar-refractivity contribution in [2.24, 2.45) is 5.16 Å². The van der Waals surface area contributed by atoms with Crippen LogP contribution in [0.4, 0.5) is 4.39 Å². The Hall–Kier alpha value is -1.46. The Labute approximate surface area is 86.2 Å². The van der Waals surface area contributed by atoms with Crippen LogP contribution in [-0.2, 0) is 19.2 Å². The van der Waals surface area contributed by atoms with Gasteiger partial charge < -0.3 is 9.57 Å². The van der Waals surface area contributed by atoms with Crippen molar-refractivity contribution in [2.75, 3.05) is 6.61 Å². The van der Waals surface area contributed by atoms with Crippen molar-refractivity contribution in [3.63, 3.8) is 0 Å². The Kier molecular flexibility index (Phi) is 3.76. The van der Waals surface area contributed by atoms with Crippen LogP contribution in [0.2, 0.25) is 0 Å². The van der Waals surface area contributed by atoms with E-state index in [0.29, 0.717) is 0 Å². The highest BCUT2D eigenvalue weighted by Crippen LogP contribution is 2.28. The first-order valence-corrected chi connectivity index (χ1v) is 4.62. The minimum atomic E-state index is -1.05. The van der Waals surface area contributed by atoms with Crippen LogP contribution in [0, 0.1) is 0 Å². The topological polar surface area (TPSA) is 65.0 Å². The third kappa shape index (κ3) is 3.30. The summed E-state index contributed by atoms with van der Waals surface area (Å²) in [5, 5.41) is 3.31. The van der Waals surface area contributed by atoms with E-state index in [2.05, 4.69) is 14.7 Å². The Morgan fingerprint density at radius 2 is 2.13 bits per heavy atom. The van der Waals surface area contributed by atoms with Crippen LogP contribution in [0.5, 0.6) is 0 Å². The molecular formula is C9H12FNO4. The number of esters is 1. The van der Waals surface area contributed by atoms with Crippen LogP contribution in [-0.4, -0.2) is 36.3 Å². The molecule has 0 N–H and O–H groups in total. The van der Waals surface area contributed by atoms with Crippen molar-refractivity contribution in [2.45, 2.75) is 32.5 Å². The third-order valence-electron chi connectivity index (χ3n) is 1.74. The van der Waals surface area contributed by atoms with Crippen molar-refractivity contribution in [1.29, 1.82) is 0 Å². The Balaban J connectivity index is 2.56. The molecule has 0 amide bonds. The number of ether oxygens (including phenoxy) is 1. The third-order valence-corrected chi connectivity index (χ3v) is 1.74. The number of carbonyl (C=O) groups excluding carboxylic acids is 2. The number of Topliss-reactive ketones (excluding diaryl/α,β-unsaturated/α-hetero) is 1. The fraction of sp³-hybridized carbons (Fsp3) is 0.667. The summed E-state index contributed by atoms with van der Waals surface area (Å²) >= 11 is 0. The summed E-state index contributed by atoms with van der Waals surface area (Å²) in [7, 11) is 0. The maximum absolute atomic E-state index is 12.4. The van der Waals surface area contributed by atoms with Crippen molar-refractivity contribution >= 4 is 17.5 Å². The van der Waals surface area contributed by atoms with E-state index in [4.69, 9.17) is 0 Å². The zero-order valence-corrected chi connectivity index (χ0v) is 8.53. The van der Waals surface area contributed by atoms with Crippen LogP contribution in [0.15, 0.2) is 5.16 Å². The van der Waals surface area contributed by atoms with Gasteiger partial charge in [0.05, 0.1) is 6.61 Å². The number of alkyl halides is 1. The second-order valence-electron chi connectivity index (χ2n) is 3.11. The molecule has 1 fully saturated rings. The Morgan fingerprint density at radius 3 is 2.53 bits per heavy atom. The van der Waals surface area contributed by atoms with Gasteiger partial charge in [0.25, 0.3) is 0 Å². The smallest absolute Gasteiger partial charge is 0.364 e. The molecule has 0 aromatic heterocycles. The van der Waals surface area contributed by atoms with Gasteiger partial charge in [0.2, 0.25) is 5.71 Å². The van der Waals surface area contributed by atoms with Crippen molar-refractivity contribution < 1.29 is 23.6 Å². The summed E-state index contributed by atoms with van der Waals surface area (Å²) < 4.78 is 17.0. The summed E-state index contributed by atoms with van der Waals surface area (Å²) in [5.41, 5.74) is -0.434. The minimum absolute atomic E-state index is 0.139. The summed E-state index contributed by atoms with van der Waals surface area (Å²) in [6, 6.07) is 0. The summed E-state index contributed by atoms with van der Waals surface area (Å²) in [4.78, 5) is 26.8. The number of halogens is 1. The van der Waals surface area contributed by atoms with Gasteiger partial charge in [-0.25, -0.2) is 9.18 Å². The molecule has 0 aliphatic heterocycles. The Morgan fingerprint density at radius 1 is 1.53 bits per heavy atom. The zero-order chi connectivity index (χ0) is 11.4. The first kappa shape index (κ1) is 11.6. The molecule has 0 spiro atoms. The highest BCUT2D eigenvalue weighted by Gasteiger charge is 2.41. The van der Waals surface area contributed by atoms with Crippen LogP contribution in [0.3, 0.4) is 0 Å². The van der Waals surface area contributed by atoms with Gasteiger partial charge in [0.1, 0.15) is 6.17 Å². The Bertz CT molecular complexity index is 302. The predicted octanol–water partition coefficient (Wildman–Crippen LogP) is 0.621. The number of nitrogens with zero attached hydrogens (tertiary/aromatic N) is 1. The second-order valence-corrected chi connectivity index (χ2v) is 3.11. The molecule has 1 saturated carbocycles. The summed E-state index contributed by atoms with van der Waals surface area (Å²) in [6.07, 6.45) is -1.43. The fourth-order valence-electron chi connectivity index (χ4n) is 0.818. The van der Waals surface area contributed by atoms with Crippen molar-refractivity contribution in [3.05, 3.63) is 0 Å². The number of ketones is 1. The predicted molar refractivity (Wildman–Crippen MR) is 49.1 cm³/mol. The molecule has 2 atom stereocenters. The number of carbonyl (C=O) groups is 2. The molecule has 0 radical (unpaired) electrons. The molecule has 0 heterocycles. The van der Waals surface area contributed by atoms with Gasteiger partial charge >= 0.3 is 5.97 Å². The van der Waals surface area contributed by atoms with Crippen LogP contribution < -0.4 is 0 Å². The summed E-state index contributed by atoms with van der Waals surface area (Å²) in [6.45, 7) is 2.91. The number of oxime groups is 1. The fourth-order valence-corrected chi connectivity index (χ4v) is 0.818. The van der Waals surface area contributed by atoms with Gasteiger partial charge in [0.15, 0.2) is 11.9 Å². The maximum atomic E-state index is 12.4. The van der Waals surface area contributed by atoms with Crippen LogP contribution in [0.1, 0.15) is 20.3 Å². The van der Waals surface area contributed by atoms with Gasteiger partial charge in [-0.3, -0.25) is 4.79 Å². The quantitative estimate of drug-likeness (QED) is 0.293. The SMILES string of the molecule is CCOC(=O)/C(=N/OC1CC1F)C(C)=O. The lowest BCUT2D eigenvalue weighted by Gasteiger charge is -2.02. The average Bonchev–Trinajstić information content (AvgIpc) is 2.82. The van der Waals surface area contributed by atoms with E-state index in [0.717, 1.165) is 0 Å². The van der Waals surface area contributed by atoms with E-state index in [1.165, 1.54) is 6.92 Å². The van der Waals surface area contributed by atoms with E-state index in [9.17, 15) is 14.0 Å². The van der Waals surface area contributed by atoms with Gasteiger partial charge in [-0.05, 0) is 6.92 Å². The maximum Gasteiger partial charge on any atom is 0.364 e. The second kappa shape index (κ2) is 4.86. The van der Waals surface area contributed by atoms with Gasteiger partial charge in [-0.2, -0.15) is 0 Å². The van der Waals surface area contributed by atoms with E-state index in [1.807, 2.05) is 0 Å². The highest BCUT2D eigenvalue weighted by atomic mass is 19.1. The van der Waals surface area contributed by atoms with Gasteiger partial charge in [-0.1, -0.05) is 5.16 Å². The van der Waals surface area contributed by atoms with E-state index >= 15 is 0 Å². The van der Waals surface area contributed by atoms with Crippen LogP contribution >= 0.6 is 0 Å². The molecule has 0 aromatic carbocycles. The average molecular weight is 217 g/mol. The highest BCUT2D eigenvalue weighted by molar-refractivity contribution is 6.63. The molecule has 84 valence electrons. The summed E-state index contributed by atoms with van der Waals surface area (Å²) in [5.74, 6) is -1.41. The largest absolute Gasteiger partial charge is 0.461 e. The van der Waals surface area contributed by atoms with E-state index < -0.39 is 29.7 Å². The molecule has 1 aliphatic rings. The number of rotatable bonds is 5. The zero-order valence-electron chi connectivity index (χ0n) is 8.53. The molecule has 0 saturated heterocycles. The lowest BCUT2D eigenvalue weighted by molar-refractivity contribution is -0.136. The monoisotopic (exact) mass is 217 g/mol. The molecule has 1 aliphatic carbocycles. The molecule has 5 nitrogen and oxygen atoms in total. The molecule has 2 unspecified atom stereocenters. The molecule has 0 aromatic rings. The number of hydrogen-bond donors (Lipinski definition) is 0. The van der Waals surface area contributed by atoms with Crippen molar-refractivity contribution in [3.8, 4) is 0 Å². The first-order valence-electron chi connectivity index (χ1n) is 4.62. The van der Waals surface area contributed by atoms with E-state index in [1.54, 1.807) is 6.92 Å². The molecule has 6 heteroatoms. The molecule has 0 bridgehead atoms. The first-order chi connectivity index (χ1) is 7.06. The molecular weight excluding hydrogens is 205 g/mol. The van der Waals surface area contributed by atoms with Crippen molar-refractivity contribution in [1.82, 2.24) is 0 Å². The van der Waals surface area contributed by atoms with Gasteiger partial charge in [-0.15, -0.1) is 0 Å². The van der Waals surface area contributed by atoms with Gasteiger partial charge in [0, 0.05) is 13.3 Å². The standard InChI is InChI=1S/C9H12FNO4/c1-3-14-9(13)8(5(2)12)11-15-7-4-6(7)10/h6-7H,3-4H2,1-2H3/b11-8+.